The van der Waals surface area contributed by atoms with Gasteiger partial charge in [-0.05, 0) is 23.8 Å². The van der Waals surface area contributed by atoms with Gasteiger partial charge in [-0.2, -0.15) is 0 Å². The van der Waals surface area contributed by atoms with E-state index in [0.717, 1.165) is 24.5 Å². The zero-order valence-electron chi connectivity index (χ0n) is 10.3. The minimum Gasteiger partial charge on any atom is -0.489 e. The van der Waals surface area contributed by atoms with Crippen LogP contribution in [0.1, 0.15) is 18.4 Å². The van der Waals surface area contributed by atoms with Crippen molar-refractivity contribution < 1.29 is 19.4 Å². The minimum atomic E-state index is -0.987. The fourth-order valence-corrected chi connectivity index (χ4v) is 2.09. The van der Waals surface area contributed by atoms with Gasteiger partial charge in [0.1, 0.15) is 11.9 Å². The van der Waals surface area contributed by atoms with Crippen LogP contribution < -0.4 is 4.74 Å². The van der Waals surface area contributed by atoms with Crippen molar-refractivity contribution in [3.8, 4) is 5.75 Å². The summed E-state index contributed by atoms with van der Waals surface area (Å²) < 4.78 is 11.1. The second kappa shape index (κ2) is 6.59. The zero-order valence-corrected chi connectivity index (χ0v) is 11.1. The molecule has 1 aliphatic heterocycles. The Bertz CT molecular complexity index is 478. The van der Waals surface area contributed by atoms with Crippen molar-refractivity contribution >= 4 is 23.6 Å². The molecule has 1 N–H and O–H groups in total. The molecular formula is C14H15ClO4. The number of carboxylic acid groups (broad SMARTS) is 1. The molecule has 19 heavy (non-hydrogen) atoms. The van der Waals surface area contributed by atoms with Gasteiger partial charge in [0, 0.05) is 18.9 Å². The summed E-state index contributed by atoms with van der Waals surface area (Å²) in [5.41, 5.74) is 0.728. The van der Waals surface area contributed by atoms with Crippen molar-refractivity contribution in [3.05, 3.63) is 34.9 Å². The van der Waals surface area contributed by atoms with E-state index in [0.29, 0.717) is 24.0 Å². The van der Waals surface area contributed by atoms with Crippen molar-refractivity contribution in [1.29, 1.82) is 0 Å². The van der Waals surface area contributed by atoms with Crippen LogP contribution in [0.15, 0.2) is 24.3 Å². The second-order valence-corrected chi connectivity index (χ2v) is 4.70. The fourth-order valence-electron chi connectivity index (χ4n) is 1.86. The average Bonchev–Trinajstić information content (AvgIpc) is 2.40. The molecule has 2 rings (SSSR count). The largest absolute Gasteiger partial charge is 0.489 e. The quantitative estimate of drug-likeness (QED) is 0.863. The molecule has 0 spiro atoms. The van der Waals surface area contributed by atoms with Gasteiger partial charge in [0.2, 0.25) is 0 Å². The highest BCUT2D eigenvalue weighted by Crippen LogP contribution is 2.28. The van der Waals surface area contributed by atoms with Gasteiger partial charge in [-0.3, -0.25) is 0 Å². The normalized spacial score (nSPS) is 16.7. The number of halogens is 1. The van der Waals surface area contributed by atoms with Crippen LogP contribution in [0.2, 0.25) is 5.02 Å². The molecule has 5 heteroatoms. The summed E-state index contributed by atoms with van der Waals surface area (Å²) in [5.74, 6) is -0.361. The summed E-state index contributed by atoms with van der Waals surface area (Å²) in [4.78, 5) is 10.4. The molecule has 0 aliphatic carbocycles. The molecule has 0 atom stereocenters. The number of hydrogen-bond donors (Lipinski definition) is 1. The summed E-state index contributed by atoms with van der Waals surface area (Å²) in [6.07, 6.45) is 4.41. The first kappa shape index (κ1) is 13.9. The smallest absolute Gasteiger partial charge is 0.328 e. The summed E-state index contributed by atoms with van der Waals surface area (Å²) in [6.45, 7) is 1.42. The topological polar surface area (TPSA) is 55.8 Å². The lowest BCUT2D eigenvalue weighted by Gasteiger charge is -2.23. The Hall–Kier alpha value is -1.52. The maximum absolute atomic E-state index is 10.4. The standard InChI is InChI=1S/C14H15ClO4/c15-12-9-10(2-4-14(16)17)1-3-13(12)19-11-5-7-18-8-6-11/h1-4,9,11H,5-8H2,(H,16,17). The van der Waals surface area contributed by atoms with Crippen LogP contribution in [0.25, 0.3) is 6.08 Å². The maximum atomic E-state index is 10.4. The number of aliphatic carboxylic acids is 1. The van der Waals surface area contributed by atoms with Crippen LogP contribution in [0, 0.1) is 0 Å². The monoisotopic (exact) mass is 282 g/mol. The molecule has 0 bridgehead atoms. The van der Waals surface area contributed by atoms with Crippen molar-refractivity contribution in [1.82, 2.24) is 0 Å². The molecule has 102 valence electrons. The third-order valence-electron chi connectivity index (χ3n) is 2.84. The van der Waals surface area contributed by atoms with E-state index >= 15 is 0 Å². The molecule has 0 amide bonds. The van der Waals surface area contributed by atoms with Gasteiger partial charge in [0.05, 0.1) is 18.2 Å². The Labute approximate surface area is 116 Å². The molecule has 1 saturated heterocycles. The molecule has 1 aromatic carbocycles. The highest BCUT2D eigenvalue weighted by molar-refractivity contribution is 6.32. The predicted octanol–water partition coefficient (Wildman–Crippen LogP) is 3.00. The van der Waals surface area contributed by atoms with E-state index in [1.807, 2.05) is 0 Å². The highest BCUT2D eigenvalue weighted by Gasteiger charge is 2.16. The number of rotatable bonds is 4. The predicted molar refractivity (Wildman–Crippen MR) is 72.6 cm³/mol. The summed E-state index contributed by atoms with van der Waals surface area (Å²) in [6, 6.07) is 5.23. The molecule has 0 radical (unpaired) electrons. The third kappa shape index (κ3) is 4.26. The van der Waals surface area contributed by atoms with Gasteiger partial charge in [0.15, 0.2) is 0 Å². The number of carbonyl (C=O) groups is 1. The van der Waals surface area contributed by atoms with E-state index in [1.54, 1.807) is 18.2 Å². The number of benzene rings is 1. The van der Waals surface area contributed by atoms with E-state index in [-0.39, 0.29) is 6.10 Å². The van der Waals surface area contributed by atoms with Crippen LogP contribution in [0.4, 0.5) is 0 Å². The Morgan fingerprint density at radius 1 is 1.42 bits per heavy atom. The van der Waals surface area contributed by atoms with Gasteiger partial charge < -0.3 is 14.6 Å². The Morgan fingerprint density at radius 3 is 2.79 bits per heavy atom. The fraction of sp³-hybridized carbons (Fsp3) is 0.357. The lowest BCUT2D eigenvalue weighted by Crippen LogP contribution is -2.25. The first-order valence-electron chi connectivity index (χ1n) is 6.10. The third-order valence-corrected chi connectivity index (χ3v) is 3.13. The summed E-state index contributed by atoms with van der Waals surface area (Å²) >= 11 is 6.13. The van der Waals surface area contributed by atoms with Crippen LogP contribution in [0.5, 0.6) is 5.75 Å². The Kier molecular flexibility index (Phi) is 4.82. The van der Waals surface area contributed by atoms with Crippen LogP contribution >= 0.6 is 11.6 Å². The number of carboxylic acids is 1. The average molecular weight is 283 g/mol. The Morgan fingerprint density at radius 2 is 2.16 bits per heavy atom. The summed E-state index contributed by atoms with van der Waals surface area (Å²) in [5, 5.41) is 9.04. The van der Waals surface area contributed by atoms with Crippen molar-refractivity contribution in [2.75, 3.05) is 13.2 Å². The van der Waals surface area contributed by atoms with Gasteiger partial charge in [-0.1, -0.05) is 17.7 Å². The summed E-state index contributed by atoms with van der Waals surface area (Å²) in [7, 11) is 0. The first-order valence-corrected chi connectivity index (χ1v) is 6.48. The van der Waals surface area contributed by atoms with Crippen molar-refractivity contribution in [3.63, 3.8) is 0 Å². The van der Waals surface area contributed by atoms with E-state index in [9.17, 15) is 4.79 Å². The van der Waals surface area contributed by atoms with E-state index in [4.69, 9.17) is 26.2 Å². The molecule has 1 aromatic rings. The lowest BCUT2D eigenvalue weighted by molar-refractivity contribution is -0.131. The van der Waals surface area contributed by atoms with E-state index in [2.05, 4.69) is 0 Å². The zero-order chi connectivity index (χ0) is 13.7. The second-order valence-electron chi connectivity index (χ2n) is 4.29. The minimum absolute atomic E-state index is 0.131. The molecule has 0 unspecified atom stereocenters. The molecule has 1 heterocycles. The maximum Gasteiger partial charge on any atom is 0.328 e. The SMILES string of the molecule is O=C(O)C=Cc1ccc(OC2CCOCC2)c(Cl)c1. The van der Waals surface area contributed by atoms with Gasteiger partial charge in [-0.25, -0.2) is 4.79 Å². The lowest BCUT2D eigenvalue weighted by atomic mass is 10.1. The van der Waals surface area contributed by atoms with Gasteiger partial charge >= 0.3 is 5.97 Å². The Balaban J connectivity index is 2.04. The van der Waals surface area contributed by atoms with Crippen LogP contribution in [-0.2, 0) is 9.53 Å². The van der Waals surface area contributed by atoms with Crippen LogP contribution in [-0.4, -0.2) is 30.4 Å². The van der Waals surface area contributed by atoms with Crippen molar-refractivity contribution in [2.45, 2.75) is 18.9 Å². The van der Waals surface area contributed by atoms with E-state index in [1.165, 1.54) is 6.08 Å². The van der Waals surface area contributed by atoms with Crippen molar-refractivity contribution in [2.24, 2.45) is 0 Å². The molecule has 0 saturated carbocycles. The van der Waals surface area contributed by atoms with Gasteiger partial charge in [0.25, 0.3) is 0 Å². The van der Waals surface area contributed by atoms with Crippen LogP contribution in [0.3, 0.4) is 0 Å². The van der Waals surface area contributed by atoms with Gasteiger partial charge in [-0.15, -0.1) is 0 Å². The molecular weight excluding hydrogens is 268 g/mol. The molecule has 1 fully saturated rings. The molecule has 4 nitrogen and oxygen atoms in total. The highest BCUT2D eigenvalue weighted by atomic mass is 35.5. The number of ether oxygens (including phenoxy) is 2. The first-order chi connectivity index (χ1) is 9.15. The van der Waals surface area contributed by atoms with E-state index < -0.39 is 5.97 Å². The molecule has 1 aliphatic rings. The number of hydrogen-bond acceptors (Lipinski definition) is 3. The molecule has 0 aromatic heterocycles.